The standard InChI is InChI=1S/C22H32N4O3/c1-15(2)26-14-17-4-3-5-18(21(17)25-26)22(27)24-19(20-13-23-8-11-29-20)12-16-6-9-28-10-7-16/h3-5,14-16,19-20,23H,6-13H2,1-2H3,(H,24,27). The minimum Gasteiger partial charge on any atom is -0.381 e. The van der Waals surface area contributed by atoms with Crippen molar-refractivity contribution in [1.29, 1.82) is 0 Å². The van der Waals surface area contributed by atoms with Gasteiger partial charge in [0.2, 0.25) is 0 Å². The molecular formula is C22H32N4O3. The molecule has 1 aromatic carbocycles. The molecule has 2 atom stereocenters. The van der Waals surface area contributed by atoms with Crippen LogP contribution in [0.5, 0.6) is 0 Å². The minimum absolute atomic E-state index is 0.0111. The van der Waals surface area contributed by atoms with Gasteiger partial charge in [0, 0.05) is 43.9 Å². The Morgan fingerprint density at radius 3 is 2.86 bits per heavy atom. The first-order chi connectivity index (χ1) is 14.1. The predicted molar refractivity (Wildman–Crippen MR) is 112 cm³/mol. The maximum Gasteiger partial charge on any atom is 0.253 e. The first-order valence-corrected chi connectivity index (χ1v) is 10.8. The molecule has 2 fully saturated rings. The van der Waals surface area contributed by atoms with Gasteiger partial charge < -0.3 is 20.1 Å². The molecule has 1 aromatic heterocycles. The number of hydrogen-bond donors (Lipinski definition) is 2. The first kappa shape index (κ1) is 20.3. The zero-order chi connectivity index (χ0) is 20.2. The molecule has 0 spiro atoms. The highest BCUT2D eigenvalue weighted by Gasteiger charge is 2.30. The average Bonchev–Trinajstić information content (AvgIpc) is 3.19. The van der Waals surface area contributed by atoms with Crippen molar-refractivity contribution in [2.45, 2.75) is 51.3 Å². The molecule has 7 nitrogen and oxygen atoms in total. The topological polar surface area (TPSA) is 77.4 Å². The van der Waals surface area contributed by atoms with Gasteiger partial charge in [0.1, 0.15) is 5.52 Å². The van der Waals surface area contributed by atoms with E-state index in [4.69, 9.17) is 9.47 Å². The molecule has 2 aliphatic heterocycles. The lowest BCUT2D eigenvalue weighted by molar-refractivity contribution is -0.00764. The minimum atomic E-state index is -0.0733. The van der Waals surface area contributed by atoms with Crippen LogP contribution in [-0.2, 0) is 9.47 Å². The fourth-order valence-electron chi connectivity index (χ4n) is 4.25. The largest absolute Gasteiger partial charge is 0.381 e. The number of carbonyl (C=O) groups excluding carboxylic acids is 1. The predicted octanol–water partition coefficient (Wildman–Crippen LogP) is 2.52. The SMILES string of the molecule is CC(C)n1cc2cccc(C(=O)NC(CC3CCOCC3)C3CNCCO3)c2n1. The third-order valence-electron chi connectivity index (χ3n) is 5.98. The summed E-state index contributed by atoms with van der Waals surface area (Å²) in [5, 5.41) is 12.3. The molecule has 1 amide bonds. The molecule has 4 rings (SSSR count). The van der Waals surface area contributed by atoms with E-state index in [1.165, 1.54) is 0 Å². The van der Waals surface area contributed by atoms with Crippen LogP contribution in [0.1, 0.15) is 49.5 Å². The normalized spacial score (nSPS) is 22.1. The number of rotatable bonds is 6. The number of carbonyl (C=O) groups is 1. The second kappa shape index (κ2) is 9.24. The Labute approximate surface area is 172 Å². The van der Waals surface area contributed by atoms with E-state index in [2.05, 4.69) is 29.6 Å². The molecule has 2 unspecified atom stereocenters. The Hall–Kier alpha value is -1.96. The molecule has 3 heterocycles. The summed E-state index contributed by atoms with van der Waals surface area (Å²) in [6, 6.07) is 6.02. The molecular weight excluding hydrogens is 368 g/mol. The summed E-state index contributed by atoms with van der Waals surface area (Å²) in [4.78, 5) is 13.3. The van der Waals surface area contributed by atoms with Crippen LogP contribution in [-0.4, -0.2) is 60.7 Å². The van der Waals surface area contributed by atoms with Gasteiger partial charge in [-0.05, 0) is 45.1 Å². The molecule has 2 aromatic rings. The summed E-state index contributed by atoms with van der Waals surface area (Å²) in [5.74, 6) is 0.478. The number of hydrogen-bond acceptors (Lipinski definition) is 5. The second-order valence-electron chi connectivity index (χ2n) is 8.43. The van der Waals surface area contributed by atoms with E-state index in [0.717, 1.165) is 56.5 Å². The fraction of sp³-hybridized carbons (Fsp3) is 0.636. The van der Waals surface area contributed by atoms with Gasteiger partial charge in [-0.1, -0.05) is 12.1 Å². The van der Waals surface area contributed by atoms with Gasteiger partial charge in [-0.15, -0.1) is 0 Å². The Balaban J connectivity index is 1.54. The van der Waals surface area contributed by atoms with Crippen LogP contribution in [0.3, 0.4) is 0 Å². The molecule has 0 radical (unpaired) electrons. The smallest absolute Gasteiger partial charge is 0.253 e. The molecule has 2 saturated heterocycles. The van der Waals surface area contributed by atoms with Gasteiger partial charge >= 0.3 is 0 Å². The fourth-order valence-corrected chi connectivity index (χ4v) is 4.25. The van der Waals surface area contributed by atoms with Crippen LogP contribution < -0.4 is 10.6 Å². The van der Waals surface area contributed by atoms with Gasteiger partial charge in [0.15, 0.2) is 0 Å². The van der Waals surface area contributed by atoms with E-state index in [-0.39, 0.29) is 24.1 Å². The van der Waals surface area contributed by atoms with Crippen molar-refractivity contribution in [3.05, 3.63) is 30.0 Å². The molecule has 2 aliphatic rings. The van der Waals surface area contributed by atoms with E-state index >= 15 is 0 Å². The van der Waals surface area contributed by atoms with E-state index < -0.39 is 0 Å². The summed E-state index contributed by atoms with van der Waals surface area (Å²) < 4.78 is 13.4. The molecule has 0 aliphatic carbocycles. The van der Waals surface area contributed by atoms with E-state index in [1.54, 1.807) is 0 Å². The van der Waals surface area contributed by atoms with E-state index in [9.17, 15) is 4.79 Å². The van der Waals surface area contributed by atoms with Crippen LogP contribution in [0.4, 0.5) is 0 Å². The number of ether oxygens (including phenoxy) is 2. The van der Waals surface area contributed by atoms with Crippen molar-refractivity contribution in [2.75, 3.05) is 32.9 Å². The van der Waals surface area contributed by atoms with Gasteiger partial charge in [-0.2, -0.15) is 5.10 Å². The van der Waals surface area contributed by atoms with Crippen LogP contribution >= 0.6 is 0 Å². The summed E-state index contributed by atoms with van der Waals surface area (Å²) >= 11 is 0. The van der Waals surface area contributed by atoms with Gasteiger partial charge in [-0.3, -0.25) is 9.48 Å². The summed E-state index contributed by atoms with van der Waals surface area (Å²) in [5.41, 5.74) is 1.38. The number of fused-ring (bicyclic) bond motifs is 1. The number of nitrogens with zero attached hydrogens (tertiary/aromatic N) is 2. The Kier molecular flexibility index (Phi) is 6.47. The Morgan fingerprint density at radius 2 is 2.14 bits per heavy atom. The van der Waals surface area contributed by atoms with Crippen molar-refractivity contribution < 1.29 is 14.3 Å². The highest BCUT2D eigenvalue weighted by molar-refractivity contribution is 6.05. The summed E-state index contributed by atoms with van der Waals surface area (Å²) in [6.45, 7) is 8.09. The van der Waals surface area contributed by atoms with E-state index in [1.807, 2.05) is 29.1 Å². The molecule has 158 valence electrons. The zero-order valence-corrected chi connectivity index (χ0v) is 17.4. The maximum atomic E-state index is 13.3. The van der Waals surface area contributed by atoms with Crippen molar-refractivity contribution in [3.63, 3.8) is 0 Å². The molecule has 7 heteroatoms. The van der Waals surface area contributed by atoms with E-state index in [0.29, 0.717) is 18.1 Å². The van der Waals surface area contributed by atoms with Crippen LogP contribution in [0.2, 0.25) is 0 Å². The lowest BCUT2D eigenvalue weighted by atomic mass is 9.89. The molecule has 2 N–H and O–H groups in total. The average molecular weight is 401 g/mol. The number of aromatic nitrogens is 2. The van der Waals surface area contributed by atoms with Crippen LogP contribution in [0, 0.1) is 5.92 Å². The van der Waals surface area contributed by atoms with Crippen molar-refractivity contribution >= 4 is 16.8 Å². The highest BCUT2D eigenvalue weighted by atomic mass is 16.5. The Bertz CT molecular complexity index is 823. The van der Waals surface area contributed by atoms with Crippen LogP contribution in [0.25, 0.3) is 10.9 Å². The third kappa shape index (κ3) is 4.79. The monoisotopic (exact) mass is 400 g/mol. The molecule has 0 saturated carbocycles. The third-order valence-corrected chi connectivity index (χ3v) is 5.98. The lowest BCUT2D eigenvalue weighted by Gasteiger charge is -2.34. The van der Waals surface area contributed by atoms with Crippen molar-refractivity contribution in [3.8, 4) is 0 Å². The number of benzene rings is 1. The Morgan fingerprint density at radius 1 is 1.31 bits per heavy atom. The summed E-state index contributed by atoms with van der Waals surface area (Å²) in [7, 11) is 0. The van der Waals surface area contributed by atoms with Gasteiger partial charge in [-0.25, -0.2) is 0 Å². The van der Waals surface area contributed by atoms with Crippen molar-refractivity contribution in [2.24, 2.45) is 5.92 Å². The first-order valence-electron chi connectivity index (χ1n) is 10.8. The van der Waals surface area contributed by atoms with Crippen molar-refractivity contribution in [1.82, 2.24) is 20.4 Å². The highest BCUT2D eigenvalue weighted by Crippen LogP contribution is 2.24. The lowest BCUT2D eigenvalue weighted by Crippen LogP contribution is -2.53. The van der Waals surface area contributed by atoms with Crippen LogP contribution in [0.15, 0.2) is 24.4 Å². The maximum absolute atomic E-state index is 13.3. The van der Waals surface area contributed by atoms with Gasteiger partial charge in [0.25, 0.3) is 5.91 Å². The second-order valence-corrected chi connectivity index (χ2v) is 8.43. The summed E-state index contributed by atoms with van der Waals surface area (Å²) in [6.07, 6.45) is 4.99. The molecule has 0 bridgehead atoms. The quantitative estimate of drug-likeness (QED) is 0.779. The number of morpholine rings is 1. The number of amides is 1. The van der Waals surface area contributed by atoms with Gasteiger partial charge in [0.05, 0.1) is 24.3 Å². The zero-order valence-electron chi connectivity index (χ0n) is 17.4. The molecule has 29 heavy (non-hydrogen) atoms. The number of nitrogens with one attached hydrogen (secondary N) is 2.